The van der Waals surface area contributed by atoms with Crippen molar-refractivity contribution in [3.8, 4) is 0 Å². The van der Waals surface area contributed by atoms with E-state index in [-0.39, 0.29) is 10.6 Å². The van der Waals surface area contributed by atoms with Crippen LogP contribution in [0.3, 0.4) is 0 Å². The summed E-state index contributed by atoms with van der Waals surface area (Å²) in [5.74, 6) is 0. The van der Waals surface area contributed by atoms with Crippen molar-refractivity contribution < 1.29 is 4.92 Å². The average molecular weight is 272 g/mol. The maximum Gasteiger partial charge on any atom is 0.311 e. The molecule has 2 aromatic rings. The highest BCUT2D eigenvalue weighted by atomic mass is 16.6. The van der Waals surface area contributed by atoms with Gasteiger partial charge in [-0.3, -0.25) is 10.1 Å². The van der Waals surface area contributed by atoms with Gasteiger partial charge in [0.15, 0.2) is 0 Å². The van der Waals surface area contributed by atoms with E-state index in [2.05, 4.69) is 15.2 Å². The Labute approximate surface area is 116 Å². The van der Waals surface area contributed by atoms with Gasteiger partial charge in [0.05, 0.1) is 10.4 Å². The summed E-state index contributed by atoms with van der Waals surface area (Å²) in [6, 6.07) is 7.95. The van der Waals surface area contributed by atoms with E-state index >= 15 is 0 Å². The first-order valence-electron chi connectivity index (χ1n) is 6.65. The number of nitro groups is 1. The minimum atomic E-state index is -0.346. The molecule has 1 aliphatic rings. The molecule has 6 heteroatoms. The zero-order chi connectivity index (χ0) is 14.1. The van der Waals surface area contributed by atoms with Gasteiger partial charge in [-0.2, -0.15) is 0 Å². The molecule has 0 amide bonds. The zero-order valence-electron chi connectivity index (χ0n) is 11.2. The summed E-state index contributed by atoms with van der Waals surface area (Å²) >= 11 is 0. The van der Waals surface area contributed by atoms with Gasteiger partial charge in [-0.15, -0.1) is 0 Å². The third kappa shape index (κ3) is 2.08. The van der Waals surface area contributed by atoms with E-state index < -0.39 is 0 Å². The summed E-state index contributed by atoms with van der Waals surface area (Å²) in [5, 5.41) is 15.4. The summed E-state index contributed by atoms with van der Waals surface area (Å²) in [6.07, 6.45) is 2.36. The molecule has 1 fully saturated rings. The smallest absolute Gasteiger partial charge is 0.311 e. The van der Waals surface area contributed by atoms with Crippen molar-refractivity contribution in [1.82, 2.24) is 10.3 Å². The zero-order valence-corrected chi connectivity index (χ0v) is 11.2. The van der Waals surface area contributed by atoms with Crippen molar-refractivity contribution in [1.29, 1.82) is 0 Å². The molecule has 1 atom stereocenters. The fourth-order valence-corrected chi connectivity index (χ4v) is 2.78. The molecule has 104 valence electrons. The van der Waals surface area contributed by atoms with Crippen molar-refractivity contribution in [3.63, 3.8) is 0 Å². The van der Waals surface area contributed by atoms with E-state index in [0.717, 1.165) is 30.4 Å². The second kappa shape index (κ2) is 5.05. The molecule has 1 N–H and O–H groups in total. The third-order valence-electron chi connectivity index (χ3n) is 3.84. The second-order valence-electron chi connectivity index (χ2n) is 4.99. The fourth-order valence-electron chi connectivity index (χ4n) is 2.78. The van der Waals surface area contributed by atoms with Crippen LogP contribution in [0.5, 0.6) is 0 Å². The van der Waals surface area contributed by atoms with Gasteiger partial charge in [-0.25, -0.2) is 4.98 Å². The molecule has 1 saturated heterocycles. The number of pyridine rings is 1. The summed E-state index contributed by atoms with van der Waals surface area (Å²) < 4.78 is 0. The van der Waals surface area contributed by atoms with Crippen LogP contribution in [-0.2, 0) is 0 Å². The van der Waals surface area contributed by atoms with Gasteiger partial charge in [0.25, 0.3) is 0 Å². The van der Waals surface area contributed by atoms with E-state index in [9.17, 15) is 10.1 Å². The Balaban J connectivity index is 2.15. The number of para-hydroxylation sites is 1. The highest BCUT2D eigenvalue weighted by molar-refractivity contribution is 5.96. The van der Waals surface area contributed by atoms with Crippen molar-refractivity contribution in [2.75, 3.05) is 25.0 Å². The van der Waals surface area contributed by atoms with Gasteiger partial charge >= 0.3 is 5.69 Å². The van der Waals surface area contributed by atoms with E-state index in [0.29, 0.717) is 11.7 Å². The number of fused-ring (bicyclic) bond motifs is 1. The van der Waals surface area contributed by atoms with Gasteiger partial charge < -0.3 is 10.2 Å². The summed E-state index contributed by atoms with van der Waals surface area (Å²) in [4.78, 5) is 17.2. The number of hydrogen-bond acceptors (Lipinski definition) is 5. The maximum absolute atomic E-state index is 11.3. The normalized spacial score (nSPS) is 18.6. The quantitative estimate of drug-likeness (QED) is 0.683. The van der Waals surface area contributed by atoms with Gasteiger partial charge in [-0.1, -0.05) is 18.2 Å². The predicted octanol–water partition coefficient (Wildman–Crippen LogP) is 1.94. The van der Waals surface area contributed by atoms with Crippen LogP contribution in [0.4, 0.5) is 11.4 Å². The molecule has 0 spiro atoms. The molecular weight excluding hydrogens is 256 g/mol. The molecule has 0 aliphatic carbocycles. The van der Waals surface area contributed by atoms with Crippen LogP contribution in [0, 0.1) is 10.1 Å². The van der Waals surface area contributed by atoms with Crippen LogP contribution in [0.2, 0.25) is 0 Å². The molecule has 0 radical (unpaired) electrons. The Morgan fingerprint density at radius 2 is 2.25 bits per heavy atom. The van der Waals surface area contributed by atoms with Crippen LogP contribution < -0.4 is 10.2 Å². The lowest BCUT2D eigenvalue weighted by Gasteiger charge is -2.20. The van der Waals surface area contributed by atoms with Crippen LogP contribution in [0.1, 0.15) is 6.42 Å². The Morgan fingerprint density at radius 1 is 1.45 bits per heavy atom. The summed E-state index contributed by atoms with van der Waals surface area (Å²) in [5.41, 5.74) is 1.57. The molecule has 1 aromatic heterocycles. The van der Waals surface area contributed by atoms with Gasteiger partial charge in [0.1, 0.15) is 11.9 Å². The van der Waals surface area contributed by atoms with Crippen molar-refractivity contribution >= 4 is 22.3 Å². The maximum atomic E-state index is 11.3. The van der Waals surface area contributed by atoms with Gasteiger partial charge in [-0.05, 0) is 19.5 Å². The number of nitrogens with one attached hydrogen (secondary N) is 1. The van der Waals surface area contributed by atoms with Gasteiger partial charge in [0, 0.05) is 24.5 Å². The minimum absolute atomic E-state index is 0.0838. The second-order valence-corrected chi connectivity index (χ2v) is 4.99. The van der Waals surface area contributed by atoms with Crippen LogP contribution in [0.25, 0.3) is 10.9 Å². The molecule has 0 saturated carbocycles. The summed E-state index contributed by atoms with van der Waals surface area (Å²) in [6.45, 7) is 1.60. The first-order valence-corrected chi connectivity index (χ1v) is 6.65. The highest BCUT2D eigenvalue weighted by Crippen LogP contribution is 2.36. The Bertz CT molecular complexity index is 659. The van der Waals surface area contributed by atoms with E-state index in [1.165, 1.54) is 6.20 Å². The lowest BCUT2D eigenvalue weighted by Crippen LogP contribution is -2.29. The molecule has 6 nitrogen and oxygen atoms in total. The number of aromatic nitrogens is 1. The van der Waals surface area contributed by atoms with Gasteiger partial charge in [0.2, 0.25) is 0 Å². The summed E-state index contributed by atoms with van der Waals surface area (Å²) in [7, 11) is 1.92. The number of rotatable bonds is 3. The standard InChI is InChI=1S/C14H16N4O2/c1-15-10-6-7-17(9-10)14-11-4-2-3-5-12(11)16-8-13(14)18(19)20/h2-5,8,10,15H,6-7,9H2,1H3. The number of nitrogens with zero attached hydrogens (tertiary/aromatic N) is 3. The lowest BCUT2D eigenvalue weighted by molar-refractivity contribution is -0.384. The first-order chi connectivity index (χ1) is 9.70. The number of hydrogen-bond donors (Lipinski definition) is 1. The van der Waals surface area contributed by atoms with Crippen LogP contribution >= 0.6 is 0 Å². The number of anilines is 1. The fraction of sp³-hybridized carbons (Fsp3) is 0.357. The predicted molar refractivity (Wildman–Crippen MR) is 78.1 cm³/mol. The topological polar surface area (TPSA) is 71.3 Å². The van der Waals surface area contributed by atoms with E-state index in [1.54, 1.807) is 0 Å². The Morgan fingerprint density at radius 3 is 2.95 bits per heavy atom. The molecule has 1 aliphatic heterocycles. The highest BCUT2D eigenvalue weighted by Gasteiger charge is 2.28. The van der Waals surface area contributed by atoms with Crippen LogP contribution in [-0.4, -0.2) is 36.1 Å². The molecule has 1 aromatic carbocycles. The van der Waals surface area contributed by atoms with Crippen molar-refractivity contribution in [3.05, 3.63) is 40.6 Å². The molecule has 2 heterocycles. The lowest BCUT2D eigenvalue weighted by atomic mass is 10.1. The Kier molecular flexibility index (Phi) is 3.23. The molecule has 20 heavy (non-hydrogen) atoms. The number of benzene rings is 1. The molecule has 3 rings (SSSR count). The van der Waals surface area contributed by atoms with E-state index in [4.69, 9.17) is 0 Å². The van der Waals surface area contributed by atoms with Crippen molar-refractivity contribution in [2.45, 2.75) is 12.5 Å². The molecule has 1 unspecified atom stereocenters. The van der Waals surface area contributed by atoms with Crippen molar-refractivity contribution in [2.24, 2.45) is 0 Å². The first kappa shape index (κ1) is 12.8. The van der Waals surface area contributed by atoms with E-state index in [1.807, 2.05) is 31.3 Å². The number of likely N-dealkylation sites (N-methyl/N-ethyl adjacent to an activating group) is 1. The molecular formula is C14H16N4O2. The monoisotopic (exact) mass is 272 g/mol. The SMILES string of the molecule is CNC1CCN(c2c([N+](=O)[O-])cnc3ccccc23)C1. The molecule has 0 bridgehead atoms. The minimum Gasteiger partial charge on any atom is -0.364 e. The largest absolute Gasteiger partial charge is 0.364 e. The Hall–Kier alpha value is -2.21. The third-order valence-corrected chi connectivity index (χ3v) is 3.84. The van der Waals surface area contributed by atoms with Crippen LogP contribution in [0.15, 0.2) is 30.5 Å². The average Bonchev–Trinajstić information content (AvgIpc) is 2.94.